The number of methoxy groups -OCH3 is 1. The molecule has 0 saturated carbocycles. The fourth-order valence-corrected chi connectivity index (χ4v) is 8.61. The van der Waals surface area contributed by atoms with Crippen LogP contribution in [0.25, 0.3) is 0 Å². The molecule has 0 radical (unpaired) electrons. The normalized spacial score (nSPS) is 10.1. The molecule has 0 atom stereocenters. The van der Waals surface area contributed by atoms with Gasteiger partial charge in [0.25, 0.3) is 21.0 Å². The molecule has 32 heteroatoms. The average molecular weight is 1610 g/mol. The van der Waals surface area contributed by atoms with Gasteiger partial charge in [0.15, 0.2) is 5.78 Å². The van der Waals surface area contributed by atoms with Gasteiger partial charge in [-0.3, -0.25) is 24.0 Å². The molecule has 0 aromatic heterocycles. The number of Topliss-reactive ketones (excluding diaryl/α,β-unsaturated/α-hetero) is 1. The summed E-state index contributed by atoms with van der Waals surface area (Å²) in [6, 6.07) is 40.4. The zero-order chi connectivity index (χ0) is 81.2. The zero-order valence-electron chi connectivity index (χ0n) is 59.4. The van der Waals surface area contributed by atoms with Crippen molar-refractivity contribution in [2.45, 2.75) is 45.4 Å². The first-order valence-corrected chi connectivity index (χ1v) is 34.8. The lowest BCUT2D eigenvalue weighted by Gasteiger charge is -2.08. The van der Waals surface area contributed by atoms with Crippen molar-refractivity contribution in [3.63, 3.8) is 0 Å². The van der Waals surface area contributed by atoms with E-state index >= 15 is 0 Å². The Balaban J connectivity index is 0.000000412. The number of carbonyl (C=O) groups is 14. The molecule has 28 nitrogen and oxygen atoms in total. The summed E-state index contributed by atoms with van der Waals surface area (Å²) < 4.78 is 50.2. The van der Waals surface area contributed by atoms with E-state index in [1.807, 2.05) is 0 Å². The Morgan fingerprint density at radius 2 is 0.373 bits per heavy atom. The van der Waals surface area contributed by atoms with Gasteiger partial charge in [-0.1, -0.05) is 12.1 Å². The summed E-state index contributed by atoms with van der Waals surface area (Å²) in [4.78, 5) is 162. The minimum absolute atomic E-state index is 0.0703. The predicted octanol–water partition coefficient (Wildman–Crippen LogP) is 10.9. The van der Waals surface area contributed by atoms with Gasteiger partial charge in [-0.15, -0.1) is 0 Å². The maximum atomic E-state index is 12.3. The Morgan fingerprint density at radius 1 is 0.218 bits per heavy atom. The summed E-state index contributed by atoms with van der Waals surface area (Å²) >= 11 is 21.0. The molecule has 0 fully saturated rings. The van der Waals surface area contributed by atoms with E-state index in [9.17, 15) is 67.1 Å². The van der Waals surface area contributed by atoms with Crippen LogP contribution >= 0.6 is 46.4 Å². The van der Waals surface area contributed by atoms with Gasteiger partial charge in [0.2, 0.25) is 0 Å². The van der Waals surface area contributed by atoms with Crippen molar-refractivity contribution in [1.82, 2.24) is 0 Å². The lowest BCUT2D eigenvalue weighted by Crippen LogP contribution is -2.15. The lowest BCUT2D eigenvalue weighted by atomic mass is 10.1. The number of ketones is 1. The molecule has 7 aromatic rings. The first kappa shape index (κ1) is 93.3. The number of halogens is 4. The van der Waals surface area contributed by atoms with Crippen LogP contribution in [0, 0.1) is 0 Å². The first-order chi connectivity index (χ1) is 52.8. The highest BCUT2D eigenvalue weighted by atomic mass is 35.5. The predicted molar refractivity (Wildman–Crippen MR) is 396 cm³/mol. The molecule has 4 N–H and O–H groups in total. The topological polar surface area (TPSA) is 412 Å². The summed E-state index contributed by atoms with van der Waals surface area (Å²) in [7, 11) is 1.60. The van der Waals surface area contributed by atoms with Gasteiger partial charge in [0, 0.05) is 54.7 Å². The molecule has 0 spiro atoms. The number of carbonyl (C=O) groups excluding carboxylic acids is 14. The van der Waals surface area contributed by atoms with Gasteiger partial charge in [0.05, 0.1) is 83.1 Å². The molecule has 0 heterocycles. The maximum absolute atomic E-state index is 12.3. The van der Waals surface area contributed by atoms with E-state index in [0.29, 0.717) is 70.4 Å². The monoisotopic (exact) mass is 1600 g/mol. The molecule has 7 aromatic carbocycles. The van der Waals surface area contributed by atoms with E-state index in [2.05, 4.69) is 0 Å². The van der Waals surface area contributed by atoms with Crippen molar-refractivity contribution in [2.75, 3.05) is 99.6 Å². The van der Waals surface area contributed by atoms with Crippen LogP contribution in [0.15, 0.2) is 170 Å². The summed E-state index contributed by atoms with van der Waals surface area (Å²) in [5, 5.41) is 30.9. The van der Waals surface area contributed by atoms with E-state index in [4.69, 9.17) is 114 Å². The van der Waals surface area contributed by atoms with Gasteiger partial charge in [-0.05, 0) is 250 Å². The Hall–Kier alpha value is -10.9. The molecule has 0 unspecified atom stereocenters. The second-order valence-corrected chi connectivity index (χ2v) is 23.3. The number of aliphatic hydroxyl groups is 4. The van der Waals surface area contributed by atoms with Crippen molar-refractivity contribution < 1.29 is 135 Å². The number of hydrogen-bond acceptors (Lipinski definition) is 28. The average Bonchev–Trinajstić information content (AvgIpc) is 0.962. The molecular weight excluding hydrogens is 1530 g/mol. The highest BCUT2D eigenvalue weighted by Gasteiger charge is 2.18. The Bertz CT molecular complexity index is 3960. The van der Waals surface area contributed by atoms with E-state index in [1.165, 1.54) is 177 Å². The molecule has 0 bridgehead atoms. The van der Waals surface area contributed by atoms with Crippen molar-refractivity contribution >= 4 is 127 Å². The molecule has 110 heavy (non-hydrogen) atoms. The summed E-state index contributed by atoms with van der Waals surface area (Å²) in [5.41, 5.74) is 4.03. The molecule has 0 saturated heterocycles. The van der Waals surface area contributed by atoms with E-state index in [0.717, 1.165) is 19.3 Å². The molecule has 586 valence electrons. The zero-order valence-corrected chi connectivity index (χ0v) is 62.4. The molecule has 0 aliphatic rings. The largest absolute Gasteiger partial charge is 0.462 e. The van der Waals surface area contributed by atoms with Crippen molar-refractivity contribution in [3.8, 4) is 0 Å². The second kappa shape index (κ2) is 53.8. The third kappa shape index (κ3) is 36.8. The lowest BCUT2D eigenvalue weighted by molar-refractivity contribution is 0.0263. The number of esters is 9. The number of benzene rings is 7. The van der Waals surface area contributed by atoms with Crippen LogP contribution < -0.4 is 0 Å². The first-order valence-electron chi connectivity index (χ1n) is 33.3. The van der Waals surface area contributed by atoms with Crippen LogP contribution in [0.5, 0.6) is 0 Å². The molecule has 0 amide bonds. The summed E-state index contributed by atoms with van der Waals surface area (Å²) in [6.45, 7) is 1.61. The fraction of sp³-hybridized carbons (Fsp3) is 0.282. The van der Waals surface area contributed by atoms with Crippen LogP contribution in [-0.2, 0) is 47.4 Å². The minimum Gasteiger partial charge on any atom is -0.462 e. The quantitative estimate of drug-likeness (QED) is 0.00924. The SMILES string of the molecule is COCCCCOC(=O)c1ccc(C(=O)OCCOC(=O)c2ccc(C(=O)OCCOC(=O)c3ccc(C(C)=O)cc3)cc2)cc1.O=C(Cl)c1ccc(C(=O)Cl)cc1.O=C(Cl)c1ccc(C(=O)OCCCCOC(=O)c2ccc(C(=O)Cl)cc2)cc1.O=C(OCCO)c1ccc(C(=O)OCCO)cc1.OCCCCO. The smallest absolute Gasteiger partial charge is 0.338 e. The maximum Gasteiger partial charge on any atom is 0.338 e. The van der Waals surface area contributed by atoms with Crippen LogP contribution in [0.1, 0.15) is 190 Å². The number of aliphatic hydroxyl groups excluding tert-OH is 4. The number of ether oxygens (including phenoxy) is 10. The highest BCUT2D eigenvalue weighted by Crippen LogP contribution is 2.16. The minimum atomic E-state index is -0.690. The van der Waals surface area contributed by atoms with Crippen LogP contribution in [0.4, 0.5) is 0 Å². The van der Waals surface area contributed by atoms with Gasteiger partial charge in [0.1, 0.15) is 39.6 Å². The van der Waals surface area contributed by atoms with Crippen LogP contribution in [0.3, 0.4) is 0 Å². The van der Waals surface area contributed by atoms with Crippen molar-refractivity contribution in [3.05, 3.63) is 248 Å². The van der Waals surface area contributed by atoms with E-state index in [-0.39, 0.29) is 125 Å². The van der Waals surface area contributed by atoms with Gasteiger partial charge in [-0.2, -0.15) is 0 Å². The Kier molecular flexibility index (Phi) is 45.6. The molecule has 0 aliphatic heterocycles. The van der Waals surface area contributed by atoms with Gasteiger partial charge in [-0.25, -0.2) is 43.2 Å². The Morgan fingerprint density at radius 3 is 0.527 bits per heavy atom. The van der Waals surface area contributed by atoms with Crippen molar-refractivity contribution in [2.24, 2.45) is 0 Å². The van der Waals surface area contributed by atoms with Crippen LogP contribution in [-0.4, -0.2) is 201 Å². The third-order valence-electron chi connectivity index (χ3n) is 13.9. The number of rotatable bonds is 37. The van der Waals surface area contributed by atoms with Gasteiger partial charge >= 0.3 is 53.7 Å². The second-order valence-electron chi connectivity index (χ2n) is 21.9. The standard InChI is InChI=1S/C34H34O12.C20H16Cl2O6.C12H14O6.C8H4Cl2O2.C4H10O2/c1-23(35)24-5-7-25(8-6-24)31(37)43-19-20-44-33(39)28-13-15-29(16-14-28)34(40)46-22-21-45-32(38)27-11-9-26(10-12-27)30(36)42-18-4-3-17-41-2;21-17(23)13-3-7-15(8-4-13)19(25)27-11-1-2-12-28-20(26)16-9-5-14(6-10-16)18(22)24;13-5-7-17-11(15)9-1-2-10(4-3-9)12(16)18-8-6-14;9-7(11)5-1-2-6(4-3-5)8(10)12;5-3-1-2-4-6/h5-16H,3-4,17-22H2,1-2H3;3-10H,1-2,11-12H2;1-4,13-14H,5-8H2;1-4H;5-6H,1-4H2. The Labute approximate surface area is 651 Å². The molecular formula is C78H78Cl4O28. The summed E-state index contributed by atoms with van der Waals surface area (Å²) in [6.07, 6.45) is 3.92. The van der Waals surface area contributed by atoms with Crippen LogP contribution in [0.2, 0.25) is 0 Å². The van der Waals surface area contributed by atoms with Crippen molar-refractivity contribution in [1.29, 1.82) is 0 Å². The molecule has 7 rings (SSSR count). The number of unbranched alkanes of at least 4 members (excludes halogenated alkanes) is 3. The third-order valence-corrected chi connectivity index (χ3v) is 14.8. The van der Waals surface area contributed by atoms with Gasteiger partial charge < -0.3 is 67.8 Å². The highest BCUT2D eigenvalue weighted by molar-refractivity contribution is 6.69. The summed E-state index contributed by atoms with van der Waals surface area (Å²) in [5.74, 6) is -5.44. The molecule has 0 aliphatic carbocycles. The van der Waals surface area contributed by atoms with E-state index in [1.54, 1.807) is 7.11 Å². The number of hydrogen-bond donors (Lipinski definition) is 4. The fourth-order valence-electron chi connectivity index (χ4n) is 8.11. The van der Waals surface area contributed by atoms with E-state index < -0.39 is 74.7 Å².